The van der Waals surface area contributed by atoms with Gasteiger partial charge in [-0.25, -0.2) is 23.1 Å². The maximum absolute atomic E-state index is 13.2. The molecule has 0 saturated carbocycles. The second kappa shape index (κ2) is 7.81. The highest BCUT2D eigenvalue weighted by atomic mass is 32.2. The third-order valence-corrected chi connectivity index (χ3v) is 4.90. The summed E-state index contributed by atoms with van der Waals surface area (Å²) in [5.74, 6) is -0.302. The van der Waals surface area contributed by atoms with E-state index in [1.807, 2.05) is 4.72 Å². The first-order valence-corrected chi connectivity index (χ1v) is 8.97. The smallest absolute Gasteiger partial charge is 0.303 e. The summed E-state index contributed by atoms with van der Waals surface area (Å²) in [5.41, 5.74) is -1.11. The third-order valence-electron chi connectivity index (χ3n) is 3.51. The number of aldehydes is 1. The zero-order valence-corrected chi connectivity index (χ0v) is 14.7. The maximum atomic E-state index is 13.2. The van der Waals surface area contributed by atoms with Crippen molar-refractivity contribution >= 4 is 16.3 Å². The molecule has 0 unspecified atom stereocenters. The Kier molecular flexibility index (Phi) is 5.92. The predicted molar refractivity (Wildman–Crippen MR) is 87.8 cm³/mol. The van der Waals surface area contributed by atoms with Crippen molar-refractivity contribution in [1.29, 1.82) is 5.26 Å². The molecule has 2 rings (SSSR count). The van der Waals surface area contributed by atoms with Crippen molar-refractivity contribution in [3.8, 4) is 17.3 Å². The molecule has 0 bridgehead atoms. The Morgan fingerprint density at radius 3 is 2.48 bits per heavy atom. The van der Waals surface area contributed by atoms with Gasteiger partial charge in [-0.2, -0.15) is 18.4 Å². The standard InChI is InChI=1S/C16H13F3N4O3S/c1-21-27(25,26)13-6-10(5-11(7-13)16(17,18)19)14-8-12(3-2-4-24)22-15(9-20)23-14/h4-8,21H,2-3H2,1H3. The number of carbonyl (C=O) groups excluding carboxylic acids is 1. The van der Waals surface area contributed by atoms with Crippen LogP contribution in [0.1, 0.15) is 23.5 Å². The summed E-state index contributed by atoms with van der Waals surface area (Å²) in [4.78, 5) is 17.7. The van der Waals surface area contributed by atoms with Gasteiger partial charge in [-0.05, 0) is 37.7 Å². The lowest BCUT2D eigenvalue weighted by atomic mass is 10.1. The van der Waals surface area contributed by atoms with Crippen LogP contribution in [0.5, 0.6) is 0 Å². The fourth-order valence-electron chi connectivity index (χ4n) is 2.21. The minimum Gasteiger partial charge on any atom is -0.303 e. The van der Waals surface area contributed by atoms with Crippen molar-refractivity contribution in [2.45, 2.75) is 23.9 Å². The lowest BCUT2D eigenvalue weighted by Crippen LogP contribution is -2.19. The van der Waals surface area contributed by atoms with Crippen LogP contribution in [0.4, 0.5) is 13.2 Å². The van der Waals surface area contributed by atoms with E-state index in [0.29, 0.717) is 12.4 Å². The number of aromatic nitrogens is 2. The van der Waals surface area contributed by atoms with Crippen LogP contribution in [-0.4, -0.2) is 31.7 Å². The summed E-state index contributed by atoms with van der Waals surface area (Å²) in [7, 11) is -3.08. The van der Waals surface area contributed by atoms with E-state index < -0.39 is 26.7 Å². The van der Waals surface area contributed by atoms with Crippen LogP contribution in [0, 0.1) is 11.3 Å². The minimum atomic E-state index is -4.79. The van der Waals surface area contributed by atoms with E-state index >= 15 is 0 Å². The van der Waals surface area contributed by atoms with Gasteiger partial charge in [0.25, 0.3) is 0 Å². The van der Waals surface area contributed by atoms with Gasteiger partial charge in [0, 0.05) is 17.7 Å². The molecule has 0 aliphatic rings. The normalized spacial score (nSPS) is 11.8. The molecule has 27 heavy (non-hydrogen) atoms. The van der Waals surface area contributed by atoms with Crippen LogP contribution in [0.25, 0.3) is 11.3 Å². The molecule has 0 radical (unpaired) electrons. The Morgan fingerprint density at radius 1 is 1.22 bits per heavy atom. The van der Waals surface area contributed by atoms with Crippen molar-refractivity contribution < 1.29 is 26.4 Å². The monoisotopic (exact) mass is 398 g/mol. The van der Waals surface area contributed by atoms with Crippen molar-refractivity contribution in [3.63, 3.8) is 0 Å². The van der Waals surface area contributed by atoms with Gasteiger partial charge < -0.3 is 4.79 Å². The van der Waals surface area contributed by atoms with Gasteiger partial charge in [-0.1, -0.05) is 0 Å². The van der Waals surface area contributed by atoms with Gasteiger partial charge in [-0.3, -0.25) is 0 Å². The molecule has 11 heteroatoms. The highest BCUT2D eigenvalue weighted by Crippen LogP contribution is 2.34. The molecule has 7 nitrogen and oxygen atoms in total. The number of sulfonamides is 1. The molecule has 1 N–H and O–H groups in total. The molecule has 1 aromatic carbocycles. The summed E-state index contributed by atoms with van der Waals surface area (Å²) in [6.07, 6.45) is -3.90. The summed E-state index contributed by atoms with van der Waals surface area (Å²) < 4.78 is 65.6. The van der Waals surface area contributed by atoms with Gasteiger partial charge in [0.05, 0.1) is 16.2 Å². The number of halogens is 3. The van der Waals surface area contributed by atoms with Gasteiger partial charge in [0.15, 0.2) is 0 Å². The quantitative estimate of drug-likeness (QED) is 0.746. The Bertz CT molecular complexity index is 1010. The first-order valence-electron chi connectivity index (χ1n) is 7.48. The number of rotatable bonds is 6. The number of aryl methyl sites for hydroxylation is 1. The molecule has 0 amide bonds. The summed E-state index contributed by atoms with van der Waals surface area (Å²) >= 11 is 0. The number of hydrogen-bond donors (Lipinski definition) is 1. The number of hydrogen-bond acceptors (Lipinski definition) is 6. The number of nitriles is 1. The van der Waals surface area contributed by atoms with Crippen LogP contribution >= 0.6 is 0 Å². The first-order chi connectivity index (χ1) is 12.6. The van der Waals surface area contributed by atoms with Gasteiger partial charge in [0.2, 0.25) is 15.8 Å². The van der Waals surface area contributed by atoms with Crippen LogP contribution in [0.2, 0.25) is 0 Å². The van der Waals surface area contributed by atoms with Crippen molar-refractivity contribution in [1.82, 2.24) is 14.7 Å². The Hall–Kier alpha value is -2.84. The maximum Gasteiger partial charge on any atom is 0.416 e. The Balaban J connectivity index is 2.72. The van der Waals surface area contributed by atoms with Crippen molar-refractivity contribution in [3.05, 3.63) is 41.3 Å². The van der Waals surface area contributed by atoms with Crippen LogP contribution < -0.4 is 4.72 Å². The molecule has 0 aliphatic carbocycles. The topological polar surface area (TPSA) is 113 Å². The third kappa shape index (κ3) is 4.87. The summed E-state index contributed by atoms with van der Waals surface area (Å²) in [5, 5.41) is 9.03. The fourth-order valence-corrected chi connectivity index (χ4v) is 3.01. The molecule has 142 valence electrons. The molecule has 0 aliphatic heterocycles. The SMILES string of the molecule is CNS(=O)(=O)c1cc(-c2cc(CCC=O)nc(C#N)n2)cc(C(F)(F)F)c1. The molecule has 2 aromatic rings. The Labute approximate surface area is 152 Å². The van der Waals surface area contributed by atoms with E-state index in [2.05, 4.69) is 9.97 Å². The molecule has 0 fully saturated rings. The second-order valence-corrected chi connectivity index (χ2v) is 7.22. The lowest BCUT2D eigenvalue weighted by molar-refractivity contribution is -0.137. The van der Waals surface area contributed by atoms with Crippen molar-refractivity contribution in [2.75, 3.05) is 7.05 Å². The predicted octanol–water partition coefficient (Wildman–Crippen LogP) is 2.07. The number of benzene rings is 1. The summed E-state index contributed by atoms with van der Waals surface area (Å²) in [6.45, 7) is 0. The van der Waals surface area contributed by atoms with E-state index in [0.717, 1.165) is 19.2 Å². The van der Waals surface area contributed by atoms with Crippen LogP contribution in [0.15, 0.2) is 29.2 Å². The average Bonchev–Trinajstić information content (AvgIpc) is 2.64. The largest absolute Gasteiger partial charge is 0.416 e. The van der Waals surface area contributed by atoms with E-state index in [-0.39, 0.29) is 35.6 Å². The molecule has 0 atom stereocenters. The minimum absolute atomic E-state index is 0.0545. The van der Waals surface area contributed by atoms with Crippen LogP contribution in [-0.2, 0) is 27.4 Å². The number of carbonyl (C=O) groups is 1. The Morgan fingerprint density at radius 2 is 1.93 bits per heavy atom. The van der Waals surface area contributed by atoms with Crippen LogP contribution in [0.3, 0.4) is 0 Å². The molecular weight excluding hydrogens is 385 g/mol. The number of alkyl halides is 3. The molecule has 0 spiro atoms. The number of nitrogens with zero attached hydrogens (tertiary/aromatic N) is 3. The first kappa shape index (κ1) is 20.5. The second-order valence-electron chi connectivity index (χ2n) is 5.34. The average molecular weight is 398 g/mol. The lowest BCUT2D eigenvalue weighted by Gasteiger charge is -2.13. The van der Waals surface area contributed by atoms with Crippen molar-refractivity contribution in [2.24, 2.45) is 0 Å². The summed E-state index contributed by atoms with van der Waals surface area (Å²) in [6, 6.07) is 5.28. The number of nitrogens with one attached hydrogen (secondary N) is 1. The fraction of sp³-hybridized carbons (Fsp3) is 0.250. The highest BCUT2D eigenvalue weighted by molar-refractivity contribution is 7.89. The van der Waals surface area contributed by atoms with Gasteiger partial charge in [0.1, 0.15) is 12.4 Å². The van der Waals surface area contributed by atoms with E-state index in [1.54, 1.807) is 6.07 Å². The van der Waals surface area contributed by atoms with Gasteiger partial charge in [-0.15, -0.1) is 0 Å². The van der Waals surface area contributed by atoms with Gasteiger partial charge >= 0.3 is 6.18 Å². The highest BCUT2D eigenvalue weighted by Gasteiger charge is 2.32. The zero-order valence-electron chi connectivity index (χ0n) is 13.9. The van der Waals surface area contributed by atoms with E-state index in [4.69, 9.17) is 5.26 Å². The zero-order chi connectivity index (χ0) is 20.2. The van der Waals surface area contributed by atoms with E-state index in [9.17, 15) is 26.4 Å². The molecule has 0 saturated heterocycles. The molecule has 1 aromatic heterocycles. The molecular formula is C16H13F3N4O3S. The molecule has 1 heterocycles. The van der Waals surface area contributed by atoms with E-state index in [1.165, 1.54) is 6.07 Å².